The maximum Gasteiger partial charge on any atom is 0.114 e. The van der Waals surface area contributed by atoms with Crippen LogP contribution in [0, 0.1) is 0 Å². The molecule has 0 amide bonds. The van der Waals surface area contributed by atoms with Crippen molar-refractivity contribution < 1.29 is 0 Å². The first kappa shape index (κ1) is 10.6. The van der Waals surface area contributed by atoms with E-state index in [9.17, 15) is 0 Å². The zero-order chi connectivity index (χ0) is 11.7. The quantitative estimate of drug-likeness (QED) is 0.595. The highest BCUT2D eigenvalue weighted by atomic mass is 14.1. The molecular weight excluding hydrogens is 203 g/mol. The van der Waals surface area contributed by atoms with Crippen LogP contribution in [-0.4, -0.2) is 7.85 Å². The van der Waals surface area contributed by atoms with Gasteiger partial charge >= 0.3 is 0 Å². The van der Waals surface area contributed by atoms with Crippen molar-refractivity contribution in [3.63, 3.8) is 0 Å². The largest absolute Gasteiger partial charge is 0.114 e. The van der Waals surface area contributed by atoms with Gasteiger partial charge in [-0.05, 0) is 42.4 Å². The topological polar surface area (TPSA) is 0 Å². The molecule has 4 bridgehead atoms. The Morgan fingerprint density at radius 3 is 1.82 bits per heavy atom. The molecule has 82 valence electrons. The van der Waals surface area contributed by atoms with E-state index in [1.54, 1.807) is 0 Å². The van der Waals surface area contributed by atoms with Gasteiger partial charge in [-0.2, -0.15) is 0 Å². The van der Waals surface area contributed by atoms with E-state index in [-0.39, 0.29) is 0 Å². The molecule has 2 aromatic rings. The van der Waals surface area contributed by atoms with Crippen molar-refractivity contribution in [1.82, 2.24) is 0 Å². The lowest BCUT2D eigenvalue weighted by molar-refractivity contribution is 0.927. The van der Waals surface area contributed by atoms with Crippen LogP contribution in [0.15, 0.2) is 42.5 Å². The van der Waals surface area contributed by atoms with Crippen molar-refractivity contribution in [2.75, 3.05) is 0 Å². The molecule has 0 aliphatic heterocycles. The minimum atomic E-state index is 0.956. The summed E-state index contributed by atoms with van der Waals surface area (Å²) < 4.78 is 0. The van der Waals surface area contributed by atoms with Crippen LogP contribution < -0.4 is 5.46 Å². The highest BCUT2D eigenvalue weighted by Gasteiger charge is 2.04. The summed E-state index contributed by atoms with van der Waals surface area (Å²) in [6.07, 6.45) is 4.28. The molecule has 4 aliphatic carbocycles. The summed E-state index contributed by atoms with van der Waals surface area (Å²) in [4.78, 5) is 0. The van der Waals surface area contributed by atoms with E-state index < -0.39 is 0 Å². The van der Waals surface area contributed by atoms with Gasteiger partial charge in [0.05, 0.1) is 0 Å². The van der Waals surface area contributed by atoms with Gasteiger partial charge in [0, 0.05) is 0 Å². The van der Waals surface area contributed by atoms with Crippen molar-refractivity contribution in [1.29, 1.82) is 0 Å². The average Bonchev–Trinajstić information content (AvgIpc) is 2.34. The monoisotopic (exact) mass is 218 g/mol. The molecule has 0 saturated heterocycles. The molecule has 6 rings (SSSR count). The molecule has 0 aromatic heterocycles. The Balaban J connectivity index is 2.00. The average molecular weight is 218 g/mol. The van der Waals surface area contributed by atoms with Crippen LogP contribution in [0.3, 0.4) is 0 Å². The van der Waals surface area contributed by atoms with E-state index >= 15 is 0 Å². The Morgan fingerprint density at radius 1 is 0.647 bits per heavy atom. The first-order chi connectivity index (χ1) is 8.31. The summed E-state index contributed by atoms with van der Waals surface area (Å²) in [5, 5.41) is 0. The maximum absolute atomic E-state index is 6.10. The predicted molar refractivity (Wildman–Crippen MR) is 73.1 cm³/mol. The summed E-state index contributed by atoms with van der Waals surface area (Å²) in [6, 6.07) is 15.6. The van der Waals surface area contributed by atoms with Crippen molar-refractivity contribution in [3.05, 3.63) is 64.7 Å². The van der Waals surface area contributed by atoms with Gasteiger partial charge in [-0.25, -0.2) is 0 Å². The number of aryl methyl sites for hydroxylation is 4. The Hall–Kier alpha value is -1.50. The van der Waals surface area contributed by atoms with Crippen LogP contribution in [-0.2, 0) is 25.7 Å². The fourth-order valence-electron chi connectivity index (χ4n) is 2.47. The lowest BCUT2D eigenvalue weighted by Crippen LogP contribution is -2.13. The first-order valence-corrected chi connectivity index (χ1v) is 6.26. The van der Waals surface area contributed by atoms with Crippen molar-refractivity contribution >= 4 is 13.3 Å². The molecule has 0 spiro atoms. The van der Waals surface area contributed by atoms with E-state index in [0.717, 1.165) is 31.1 Å². The van der Waals surface area contributed by atoms with Gasteiger partial charge in [0.25, 0.3) is 0 Å². The zero-order valence-corrected chi connectivity index (χ0v) is 9.95. The molecule has 0 N–H and O–H groups in total. The minimum absolute atomic E-state index is 0.956. The molecule has 4 aliphatic rings. The molecule has 0 fully saturated rings. The van der Waals surface area contributed by atoms with Gasteiger partial charge in [0.15, 0.2) is 0 Å². The van der Waals surface area contributed by atoms with Gasteiger partial charge in [-0.15, -0.1) is 0 Å². The lowest BCUT2D eigenvalue weighted by Gasteiger charge is -2.12. The SMILES string of the molecule is [B]c1cc2ccc1CCc1ccc(cc1)CC2. The third-order valence-electron chi connectivity index (χ3n) is 3.62. The molecule has 2 radical (unpaired) electrons. The maximum atomic E-state index is 6.10. The smallest absolute Gasteiger partial charge is 0.0933 e. The number of rotatable bonds is 0. The fraction of sp³-hybridized carbons (Fsp3) is 0.250. The Morgan fingerprint density at radius 2 is 1.18 bits per heavy atom. The summed E-state index contributed by atoms with van der Waals surface area (Å²) in [5.41, 5.74) is 6.39. The summed E-state index contributed by atoms with van der Waals surface area (Å²) >= 11 is 0. The molecule has 1 heteroatoms. The molecular formula is C16H15B. The second-order valence-corrected chi connectivity index (χ2v) is 4.85. The Labute approximate surface area is 104 Å². The Bertz CT molecular complexity index is 526. The van der Waals surface area contributed by atoms with E-state index in [4.69, 9.17) is 7.85 Å². The minimum Gasteiger partial charge on any atom is -0.0933 e. The van der Waals surface area contributed by atoms with Gasteiger partial charge < -0.3 is 0 Å². The van der Waals surface area contributed by atoms with E-state index in [2.05, 4.69) is 42.5 Å². The van der Waals surface area contributed by atoms with Crippen molar-refractivity contribution in [2.45, 2.75) is 25.7 Å². The summed E-state index contributed by atoms with van der Waals surface area (Å²) in [7, 11) is 6.10. The summed E-state index contributed by atoms with van der Waals surface area (Å²) in [5.74, 6) is 0. The molecule has 0 saturated carbocycles. The molecule has 0 nitrogen and oxygen atoms in total. The zero-order valence-electron chi connectivity index (χ0n) is 9.95. The van der Waals surface area contributed by atoms with Crippen molar-refractivity contribution in [3.8, 4) is 0 Å². The van der Waals surface area contributed by atoms with Crippen LogP contribution in [0.25, 0.3) is 0 Å². The van der Waals surface area contributed by atoms with Gasteiger partial charge in [0.2, 0.25) is 0 Å². The molecule has 17 heavy (non-hydrogen) atoms. The first-order valence-electron chi connectivity index (χ1n) is 6.26. The Kier molecular flexibility index (Phi) is 2.76. The molecule has 0 atom stereocenters. The predicted octanol–water partition coefficient (Wildman–Crippen LogP) is 2.36. The second-order valence-electron chi connectivity index (χ2n) is 4.85. The van der Waals surface area contributed by atoms with E-state index in [1.165, 1.54) is 22.3 Å². The van der Waals surface area contributed by atoms with Crippen LogP contribution in [0.2, 0.25) is 0 Å². The second kappa shape index (κ2) is 4.41. The standard InChI is InChI=1S/C16H15B/c17-16-11-14-6-5-12-1-3-13(4-2-12)7-9-15(16)10-8-14/h1-4,8,10-11H,5-7,9H2. The van der Waals surface area contributed by atoms with Crippen LogP contribution in [0.1, 0.15) is 22.3 Å². The molecule has 0 unspecified atom stereocenters. The number of hydrogen-bond acceptors (Lipinski definition) is 0. The van der Waals surface area contributed by atoms with Crippen molar-refractivity contribution in [2.24, 2.45) is 0 Å². The normalized spacial score (nSPS) is 14.4. The van der Waals surface area contributed by atoms with E-state index in [1.807, 2.05) is 0 Å². The highest BCUT2D eigenvalue weighted by Crippen LogP contribution is 2.13. The number of benzene rings is 2. The fourth-order valence-corrected chi connectivity index (χ4v) is 2.47. The third-order valence-corrected chi connectivity index (χ3v) is 3.62. The third kappa shape index (κ3) is 2.29. The molecule has 2 aromatic carbocycles. The van der Waals surface area contributed by atoms with Crippen LogP contribution in [0.4, 0.5) is 0 Å². The van der Waals surface area contributed by atoms with E-state index in [0.29, 0.717) is 0 Å². The highest BCUT2D eigenvalue weighted by molar-refractivity contribution is 6.33. The van der Waals surface area contributed by atoms with Crippen LogP contribution >= 0.6 is 0 Å². The number of hydrogen-bond donors (Lipinski definition) is 0. The molecule has 0 heterocycles. The van der Waals surface area contributed by atoms with Gasteiger partial charge in [-0.1, -0.05) is 53.5 Å². The van der Waals surface area contributed by atoms with Crippen LogP contribution in [0.5, 0.6) is 0 Å². The summed E-state index contributed by atoms with van der Waals surface area (Å²) in [6.45, 7) is 0. The lowest BCUT2D eigenvalue weighted by atomic mass is 9.85. The van der Waals surface area contributed by atoms with Gasteiger partial charge in [-0.3, -0.25) is 0 Å². The van der Waals surface area contributed by atoms with Gasteiger partial charge in [0.1, 0.15) is 7.85 Å².